The molecule has 0 aromatic carbocycles. The number of aromatic nitrogens is 6. The Bertz CT molecular complexity index is 1360. The summed E-state index contributed by atoms with van der Waals surface area (Å²) in [6.07, 6.45) is 15.3. The molecule has 6 rings (SSSR count). The first-order chi connectivity index (χ1) is 16.2. The van der Waals surface area contributed by atoms with Gasteiger partial charge in [0.1, 0.15) is 17.0 Å². The first-order valence-electron chi connectivity index (χ1n) is 11.9. The fraction of sp³-hybridized carbons (Fsp3) is 0.480. The fourth-order valence-electron chi connectivity index (χ4n) is 5.34. The molecule has 8 heteroatoms. The van der Waals surface area contributed by atoms with Gasteiger partial charge < -0.3 is 9.55 Å². The Kier molecular flexibility index (Phi) is 4.97. The van der Waals surface area contributed by atoms with E-state index in [1.165, 1.54) is 12.8 Å². The number of nitriles is 1. The number of carbonyl (C=O) groups excluding carboxylic acids is 1. The summed E-state index contributed by atoms with van der Waals surface area (Å²) < 4.78 is 4.11. The molecule has 0 amide bonds. The highest BCUT2D eigenvalue weighted by atomic mass is 16.1. The van der Waals surface area contributed by atoms with Crippen LogP contribution in [0.3, 0.4) is 0 Å². The molecule has 1 N–H and O–H groups in total. The topological polar surface area (TPSA) is 105 Å². The zero-order chi connectivity index (χ0) is 22.4. The maximum absolute atomic E-state index is 12.3. The SMILES string of the molecule is N#CCC1CCC(n2c(-c3cnn(CC(=O)CC4CC4)c3)nc3cnc4[nH]ccc4c32)CC1. The molecule has 4 aromatic heterocycles. The molecule has 0 atom stereocenters. The van der Waals surface area contributed by atoms with Crippen molar-refractivity contribution >= 4 is 27.9 Å². The molecule has 33 heavy (non-hydrogen) atoms. The summed E-state index contributed by atoms with van der Waals surface area (Å²) >= 11 is 0. The Labute approximate surface area is 191 Å². The molecule has 0 saturated heterocycles. The largest absolute Gasteiger partial charge is 0.346 e. The van der Waals surface area contributed by atoms with Crippen LogP contribution in [0.15, 0.2) is 30.9 Å². The quantitative estimate of drug-likeness (QED) is 0.444. The van der Waals surface area contributed by atoms with Gasteiger partial charge >= 0.3 is 0 Å². The number of pyridine rings is 1. The first kappa shape index (κ1) is 20.2. The van der Waals surface area contributed by atoms with Crippen LogP contribution in [0.25, 0.3) is 33.5 Å². The van der Waals surface area contributed by atoms with E-state index >= 15 is 0 Å². The molecule has 4 heterocycles. The van der Waals surface area contributed by atoms with E-state index in [0.29, 0.717) is 37.3 Å². The summed E-state index contributed by atoms with van der Waals surface area (Å²) in [7, 11) is 0. The third kappa shape index (κ3) is 3.82. The molecule has 0 aliphatic heterocycles. The van der Waals surface area contributed by atoms with Crippen molar-refractivity contribution in [2.45, 2.75) is 64.0 Å². The number of nitrogens with one attached hydrogen (secondary N) is 1. The van der Waals surface area contributed by atoms with Crippen molar-refractivity contribution in [3.05, 3.63) is 30.9 Å². The number of imidazole rings is 1. The number of aromatic amines is 1. The van der Waals surface area contributed by atoms with Crippen molar-refractivity contribution in [1.82, 2.24) is 29.3 Å². The lowest BCUT2D eigenvalue weighted by Crippen LogP contribution is -2.19. The van der Waals surface area contributed by atoms with Gasteiger partial charge in [-0.1, -0.05) is 0 Å². The number of fused-ring (bicyclic) bond motifs is 3. The molecular formula is C25H27N7O. The van der Waals surface area contributed by atoms with Crippen LogP contribution in [0, 0.1) is 23.2 Å². The van der Waals surface area contributed by atoms with Gasteiger partial charge in [0.05, 0.1) is 36.1 Å². The zero-order valence-electron chi connectivity index (χ0n) is 18.6. The Morgan fingerprint density at radius 3 is 2.76 bits per heavy atom. The summed E-state index contributed by atoms with van der Waals surface area (Å²) in [5, 5.41) is 14.7. The van der Waals surface area contributed by atoms with Crippen LogP contribution >= 0.6 is 0 Å². The Hall–Kier alpha value is -3.47. The maximum Gasteiger partial charge on any atom is 0.154 e. The Morgan fingerprint density at radius 2 is 1.97 bits per heavy atom. The number of ketones is 1. The van der Waals surface area contributed by atoms with E-state index in [4.69, 9.17) is 10.2 Å². The fourth-order valence-corrected chi connectivity index (χ4v) is 5.34. The van der Waals surface area contributed by atoms with Crippen LogP contribution in [0.5, 0.6) is 0 Å². The van der Waals surface area contributed by atoms with Gasteiger partial charge in [-0.3, -0.25) is 9.48 Å². The molecule has 2 fully saturated rings. The van der Waals surface area contributed by atoms with Crippen molar-refractivity contribution in [3.8, 4) is 17.5 Å². The summed E-state index contributed by atoms with van der Waals surface area (Å²) in [4.78, 5) is 25.1. The minimum Gasteiger partial charge on any atom is -0.346 e. The van der Waals surface area contributed by atoms with Crippen molar-refractivity contribution in [2.24, 2.45) is 11.8 Å². The molecule has 168 valence electrons. The third-order valence-corrected chi connectivity index (χ3v) is 7.24. The normalized spacial score (nSPS) is 20.9. The van der Waals surface area contributed by atoms with E-state index < -0.39 is 0 Å². The Balaban J connectivity index is 1.38. The molecule has 8 nitrogen and oxygen atoms in total. The number of nitrogens with zero attached hydrogens (tertiary/aromatic N) is 6. The van der Waals surface area contributed by atoms with Gasteiger partial charge in [0, 0.05) is 36.7 Å². The van der Waals surface area contributed by atoms with E-state index in [0.717, 1.165) is 59.1 Å². The summed E-state index contributed by atoms with van der Waals surface area (Å²) in [6.45, 7) is 0.319. The summed E-state index contributed by atoms with van der Waals surface area (Å²) in [5.41, 5.74) is 3.74. The smallest absolute Gasteiger partial charge is 0.154 e. The predicted octanol–water partition coefficient (Wildman–Crippen LogP) is 4.79. The number of rotatable bonds is 7. The summed E-state index contributed by atoms with van der Waals surface area (Å²) in [5.74, 6) is 2.20. The first-order valence-corrected chi connectivity index (χ1v) is 11.9. The lowest BCUT2D eigenvalue weighted by Gasteiger charge is -2.29. The molecule has 0 spiro atoms. The predicted molar refractivity (Wildman–Crippen MR) is 124 cm³/mol. The number of H-pyrrole nitrogens is 1. The van der Waals surface area contributed by atoms with E-state index in [9.17, 15) is 4.79 Å². The highest BCUT2D eigenvalue weighted by Crippen LogP contribution is 2.40. The number of hydrogen-bond donors (Lipinski definition) is 1. The highest BCUT2D eigenvalue weighted by molar-refractivity contribution is 6.02. The molecule has 2 aliphatic rings. The highest BCUT2D eigenvalue weighted by Gasteiger charge is 2.28. The second kappa shape index (κ2) is 8.14. The van der Waals surface area contributed by atoms with Gasteiger partial charge in [-0.25, -0.2) is 9.97 Å². The third-order valence-electron chi connectivity index (χ3n) is 7.24. The minimum absolute atomic E-state index is 0.245. The van der Waals surface area contributed by atoms with Crippen molar-refractivity contribution in [3.63, 3.8) is 0 Å². The van der Waals surface area contributed by atoms with Gasteiger partial charge in [0.2, 0.25) is 0 Å². The Morgan fingerprint density at radius 1 is 1.15 bits per heavy atom. The van der Waals surface area contributed by atoms with Gasteiger partial charge in [-0.15, -0.1) is 0 Å². The minimum atomic E-state index is 0.245. The van der Waals surface area contributed by atoms with E-state index in [2.05, 4.69) is 31.8 Å². The second-order valence-corrected chi connectivity index (χ2v) is 9.69. The average Bonchev–Trinajstić information content (AvgIpc) is 3.19. The van der Waals surface area contributed by atoms with Gasteiger partial charge in [-0.05, 0) is 56.4 Å². The van der Waals surface area contributed by atoms with Crippen LogP contribution in [0.1, 0.15) is 57.4 Å². The van der Waals surface area contributed by atoms with E-state index in [1.54, 1.807) is 4.68 Å². The molecule has 0 bridgehead atoms. The molecule has 0 unspecified atom stereocenters. The van der Waals surface area contributed by atoms with Crippen molar-refractivity contribution < 1.29 is 4.79 Å². The van der Waals surface area contributed by atoms with Crippen molar-refractivity contribution in [1.29, 1.82) is 5.26 Å². The molecular weight excluding hydrogens is 414 g/mol. The number of hydrogen-bond acceptors (Lipinski definition) is 5. The molecule has 0 radical (unpaired) electrons. The van der Waals surface area contributed by atoms with Gasteiger partial charge in [0.15, 0.2) is 5.78 Å². The van der Waals surface area contributed by atoms with E-state index in [1.807, 2.05) is 24.8 Å². The number of carbonyl (C=O) groups is 1. The lowest BCUT2D eigenvalue weighted by molar-refractivity contribution is -0.120. The molecule has 2 saturated carbocycles. The standard InChI is InChI=1S/C25H27N7O/c26-9-7-16-3-5-19(6-4-16)32-23-21-8-10-27-24(21)28-13-22(23)30-25(32)18-12-29-31(14-18)15-20(33)11-17-1-2-17/h8,10,12-14,16-17,19H,1-7,11,15H2,(H,27,28). The zero-order valence-corrected chi connectivity index (χ0v) is 18.6. The average molecular weight is 442 g/mol. The summed E-state index contributed by atoms with van der Waals surface area (Å²) in [6, 6.07) is 4.71. The van der Waals surface area contributed by atoms with Crippen molar-refractivity contribution in [2.75, 3.05) is 0 Å². The lowest BCUT2D eigenvalue weighted by atomic mass is 9.84. The van der Waals surface area contributed by atoms with Crippen LogP contribution < -0.4 is 0 Å². The maximum atomic E-state index is 12.3. The van der Waals surface area contributed by atoms with Crippen LogP contribution in [-0.4, -0.2) is 35.1 Å². The molecule has 4 aromatic rings. The number of Topliss-reactive ketones (excluding diaryl/α,β-unsaturated/α-hetero) is 1. The van der Waals surface area contributed by atoms with Crippen LogP contribution in [0.4, 0.5) is 0 Å². The van der Waals surface area contributed by atoms with Crippen LogP contribution in [0.2, 0.25) is 0 Å². The van der Waals surface area contributed by atoms with Gasteiger partial charge in [-0.2, -0.15) is 10.4 Å². The molecule has 2 aliphatic carbocycles. The van der Waals surface area contributed by atoms with E-state index in [-0.39, 0.29) is 5.78 Å². The monoisotopic (exact) mass is 441 g/mol. The van der Waals surface area contributed by atoms with Crippen LogP contribution in [-0.2, 0) is 11.3 Å². The second-order valence-electron chi connectivity index (χ2n) is 9.69. The van der Waals surface area contributed by atoms with Gasteiger partial charge in [0.25, 0.3) is 0 Å².